The lowest BCUT2D eigenvalue weighted by Gasteiger charge is -2.22. The van der Waals surface area contributed by atoms with Gasteiger partial charge in [0.25, 0.3) is 0 Å². The van der Waals surface area contributed by atoms with E-state index in [4.69, 9.17) is 5.26 Å². The van der Waals surface area contributed by atoms with Crippen molar-refractivity contribution in [3.8, 4) is 0 Å². The molecule has 0 unspecified atom stereocenters. The van der Waals surface area contributed by atoms with E-state index in [1.165, 1.54) is 0 Å². The van der Waals surface area contributed by atoms with Crippen LogP contribution in [0, 0.1) is 5.92 Å². The summed E-state index contributed by atoms with van der Waals surface area (Å²) in [5.41, 5.74) is 0. The standard InChI is InChI=1S/C7H12O3/c8-5-6-1-3-7(10-9)4-2-6/h5-7,9H,1-4H2. The van der Waals surface area contributed by atoms with Crippen molar-refractivity contribution < 1.29 is 14.9 Å². The molecular formula is C7H12O3. The quantitative estimate of drug-likeness (QED) is 0.360. The van der Waals surface area contributed by atoms with E-state index in [1.54, 1.807) is 0 Å². The van der Waals surface area contributed by atoms with E-state index >= 15 is 0 Å². The number of hydrogen-bond acceptors (Lipinski definition) is 3. The third-order valence-electron chi connectivity index (χ3n) is 2.06. The summed E-state index contributed by atoms with van der Waals surface area (Å²) >= 11 is 0. The van der Waals surface area contributed by atoms with Crippen molar-refractivity contribution >= 4 is 6.29 Å². The maximum atomic E-state index is 10.3. The fourth-order valence-electron chi connectivity index (χ4n) is 1.33. The highest BCUT2D eigenvalue weighted by atomic mass is 17.1. The van der Waals surface area contributed by atoms with Crippen LogP contribution in [-0.4, -0.2) is 17.6 Å². The summed E-state index contributed by atoms with van der Waals surface area (Å²) in [5, 5.41) is 8.26. The summed E-state index contributed by atoms with van der Waals surface area (Å²) in [6.07, 6.45) is 4.29. The monoisotopic (exact) mass is 144 g/mol. The molecule has 1 saturated carbocycles. The van der Waals surface area contributed by atoms with Gasteiger partial charge in [0, 0.05) is 5.92 Å². The van der Waals surface area contributed by atoms with Crippen LogP contribution in [0.5, 0.6) is 0 Å². The van der Waals surface area contributed by atoms with Crippen molar-refractivity contribution in [2.75, 3.05) is 0 Å². The number of hydrogen-bond donors (Lipinski definition) is 1. The Morgan fingerprint density at radius 2 is 1.90 bits per heavy atom. The molecule has 1 aliphatic carbocycles. The predicted octanol–water partition coefficient (Wildman–Crippen LogP) is 1.23. The fourth-order valence-corrected chi connectivity index (χ4v) is 1.33. The van der Waals surface area contributed by atoms with E-state index in [0.29, 0.717) is 0 Å². The lowest BCUT2D eigenvalue weighted by molar-refractivity contribution is -0.284. The third kappa shape index (κ3) is 1.78. The Labute approximate surface area is 59.9 Å². The Morgan fingerprint density at radius 3 is 2.30 bits per heavy atom. The van der Waals surface area contributed by atoms with E-state index < -0.39 is 0 Å². The van der Waals surface area contributed by atoms with Gasteiger partial charge in [-0.15, -0.1) is 0 Å². The van der Waals surface area contributed by atoms with E-state index in [0.717, 1.165) is 32.0 Å². The lowest BCUT2D eigenvalue weighted by Crippen LogP contribution is -2.20. The molecule has 1 rings (SSSR count). The third-order valence-corrected chi connectivity index (χ3v) is 2.06. The molecule has 3 heteroatoms. The van der Waals surface area contributed by atoms with E-state index in [9.17, 15) is 4.79 Å². The van der Waals surface area contributed by atoms with Gasteiger partial charge in [-0.2, -0.15) is 0 Å². The zero-order valence-electron chi connectivity index (χ0n) is 5.82. The molecule has 0 amide bonds. The van der Waals surface area contributed by atoms with Crippen molar-refractivity contribution in [2.45, 2.75) is 31.8 Å². The SMILES string of the molecule is O=CC1CCC(OO)CC1. The average molecular weight is 144 g/mol. The summed E-state index contributed by atoms with van der Waals surface area (Å²) in [6, 6.07) is 0. The van der Waals surface area contributed by atoms with Gasteiger partial charge in [0.1, 0.15) is 6.29 Å². The molecule has 1 N–H and O–H groups in total. The van der Waals surface area contributed by atoms with Crippen LogP contribution in [0.3, 0.4) is 0 Å². The van der Waals surface area contributed by atoms with Crippen LogP contribution in [0.1, 0.15) is 25.7 Å². The summed E-state index contributed by atoms with van der Waals surface area (Å²) in [5.74, 6) is 0.200. The zero-order chi connectivity index (χ0) is 7.40. The molecule has 0 spiro atoms. The second-order valence-corrected chi connectivity index (χ2v) is 2.78. The predicted molar refractivity (Wildman–Crippen MR) is 35.5 cm³/mol. The molecule has 0 atom stereocenters. The Morgan fingerprint density at radius 1 is 1.30 bits per heavy atom. The second-order valence-electron chi connectivity index (χ2n) is 2.78. The first-order valence-corrected chi connectivity index (χ1v) is 3.62. The zero-order valence-corrected chi connectivity index (χ0v) is 5.82. The molecule has 58 valence electrons. The molecule has 0 heterocycles. The minimum absolute atomic E-state index is 0.0313. The molecule has 0 radical (unpaired) electrons. The molecule has 10 heavy (non-hydrogen) atoms. The van der Waals surface area contributed by atoms with E-state index in [2.05, 4.69) is 4.89 Å². The average Bonchev–Trinajstić information content (AvgIpc) is 2.05. The maximum absolute atomic E-state index is 10.3. The normalized spacial score (nSPS) is 33.7. The van der Waals surface area contributed by atoms with Crippen LogP contribution in [0.4, 0.5) is 0 Å². The number of rotatable bonds is 2. The molecule has 3 nitrogen and oxygen atoms in total. The van der Waals surface area contributed by atoms with Gasteiger partial charge >= 0.3 is 0 Å². The van der Waals surface area contributed by atoms with Crippen LogP contribution in [0.25, 0.3) is 0 Å². The van der Waals surface area contributed by atoms with Crippen LogP contribution < -0.4 is 0 Å². The topological polar surface area (TPSA) is 46.5 Å². The van der Waals surface area contributed by atoms with Gasteiger partial charge in [-0.1, -0.05) is 0 Å². The highest BCUT2D eigenvalue weighted by Crippen LogP contribution is 2.23. The van der Waals surface area contributed by atoms with Gasteiger partial charge in [-0.3, -0.25) is 5.26 Å². The summed E-state index contributed by atoms with van der Waals surface area (Å²) in [7, 11) is 0. The Bertz CT molecular complexity index is 105. The molecule has 1 aliphatic rings. The Kier molecular flexibility index (Phi) is 2.83. The Hall–Kier alpha value is -0.410. The molecule has 0 aromatic carbocycles. The first-order chi connectivity index (χ1) is 4.86. The molecule has 0 saturated heterocycles. The first-order valence-electron chi connectivity index (χ1n) is 3.62. The van der Waals surface area contributed by atoms with Gasteiger partial charge in [0.15, 0.2) is 0 Å². The minimum Gasteiger partial charge on any atom is -0.303 e. The van der Waals surface area contributed by atoms with Crippen LogP contribution in [0.2, 0.25) is 0 Å². The van der Waals surface area contributed by atoms with Gasteiger partial charge < -0.3 is 4.79 Å². The summed E-state index contributed by atoms with van der Waals surface area (Å²) in [6.45, 7) is 0. The molecular weight excluding hydrogens is 132 g/mol. The highest BCUT2D eigenvalue weighted by Gasteiger charge is 2.20. The molecule has 1 fully saturated rings. The number of carbonyl (C=O) groups excluding carboxylic acids is 1. The van der Waals surface area contributed by atoms with E-state index in [-0.39, 0.29) is 12.0 Å². The number of aldehydes is 1. The molecule has 0 aliphatic heterocycles. The highest BCUT2D eigenvalue weighted by molar-refractivity contribution is 5.53. The second kappa shape index (κ2) is 3.68. The van der Waals surface area contributed by atoms with Gasteiger partial charge in [-0.05, 0) is 25.7 Å². The molecule has 0 bridgehead atoms. The largest absolute Gasteiger partial charge is 0.303 e. The van der Waals surface area contributed by atoms with Gasteiger partial charge in [-0.25, -0.2) is 4.89 Å². The first kappa shape index (κ1) is 7.69. The Balaban J connectivity index is 2.23. The number of carbonyl (C=O) groups is 1. The lowest BCUT2D eigenvalue weighted by atomic mass is 9.89. The van der Waals surface area contributed by atoms with Gasteiger partial charge in [0.2, 0.25) is 0 Å². The van der Waals surface area contributed by atoms with Crippen molar-refractivity contribution in [1.82, 2.24) is 0 Å². The fraction of sp³-hybridized carbons (Fsp3) is 0.857. The van der Waals surface area contributed by atoms with Crippen LogP contribution in [0.15, 0.2) is 0 Å². The van der Waals surface area contributed by atoms with Gasteiger partial charge in [0.05, 0.1) is 6.10 Å². The maximum Gasteiger partial charge on any atom is 0.123 e. The van der Waals surface area contributed by atoms with Crippen molar-refractivity contribution in [2.24, 2.45) is 5.92 Å². The smallest absolute Gasteiger partial charge is 0.123 e. The van der Waals surface area contributed by atoms with Crippen molar-refractivity contribution in [3.63, 3.8) is 0 Å². The van der Waals surface area contributed by atoms with E-state index in [1.807, 2.05) is 0 Å². The summed E-state index contributed by atoms with van der Waals surface area (Å²) < 4.78 is 0. The van der Waals surface area contributed by atoms with Crippen molar-refractivity contribution in [3.05, 3.63) is 0 Å². The molecule has 0 aromatic heterocycles. The minimum atomic E-state index is -0.0313. The van der Waals surface area contributed by atoms with Crippen LogP contribution >= 0.6 is 0 Å². The molecule has 0 aromatic rings. The summed E-state index contributed by atoms with van der Waals surface area (Å²) in [4.78, 5) is 14.4. The van der Waals surface area contributed by atoms with Crippen LogP contribution in [-0.2, 0) is 9.68 Å². The van der Waals surface area contributed by atoms with Crippen molar-refractivity contribution in [1.29, 1.82) is 0 Å².